The van der Waals surface area contributed by atoms with Crippen molar-refractivity contribution in [3.05, 3.63) is 89.6 Å². The second kappa shape index (κ2) is 8.20. The fourth-order valence-electron chi connectivity index (χ4n) is 4.62. The molecule has 1 aliphatic rings. The molecule has 32 heavy (non-hydrogen) atoms. The third-order valence-corrected chi connectivity index (χ3v) is 6.06. The maximum absolute atomic E-state index is 14.4. The van der Waals surface area contributed by atoms with Gasteiger partial charge in [0.2, 0.25) is 0 Å². The zero-order valence-corrected chi connectivity index (χ0v) is 17.2. The van der Waals surface area contributed by atoms with Gasteiger partial charge in [-0.1, -0.05) is 12.1 Å². The fourth-order valence-corrected chi connectivity index (χ4v) is 4.62. The van der Waals surface area contributed by atoms with Crippen LogP contribution in [-0.4, -0.2) is 28.9 Å². The molecule has 1 N–H and O–H groups in total. The number of hydrogen-bond acceptors (Lipinski definition) is 2. The van der Waals surface area contributed by atoms with Crippen molar-refractivity contribution in [3.63, 3.8) is 0 Å². The van der Waals surface area contributed by atoms with Gasteiger partial charge in [0.25, 0.3) is 0 Å². The molecule has 6 heteroatoms. The van der Waals surface area contributed by atoms with Gasteiger partial charge in [-0.15, -0.1) is 0 Å². The number of fused-ring (bicyclic) bond motifs is 1. The fraction of sp³-hybridized carbons (Fsp3) is 0.192. The Morgan fingerprint density at radius 1 is 0.938 bits per heavy atom. The van der Waals surface area contributed by atoms with Crippen molar-refractivity contribution < 1.29 is 23.4 Å². The number of aromatic nitrogens is 1. The number of benzene rings is 3. The number of nitrogens with zero attached hydrogens (tertiary/aromatic N) is 1. The maximum Gasteiger partial charge on any atom is 0.335 e. The molecule has 0 radical (unpaired) electrons. The third-order valence-electron chi connectivity index (χ3n) is 6.06. The number of hydrogen-bond donors (Lipinski definition) is 1. The van der Waals surface area contributed by atoms with Crippen LogP contribution in [0.5, 0.6) is 0 Å². The number of carboxylic acid groups (broad SMARTS) is 1. The van der Waals surface area contributed by atoms with Crippen molar-refractivity contribution in [3.8, 4) is 16.8 Å². The highest BCUT2D eigenvalue weighted by Gasteiger charge is 2.28. The third kappa shape index (κ3) is 3.56. The standard InChI is InChI=1S/C26H21F2NO3/c27-19-4-7-21(8-5-19)29-23-9-6-20(28)15-22(23)24(25(29)16-10-12-32-13-11-16)17-2-1-3-18(14-17)26(30)31/h1-9,14-16H,10-13H2,(H,30,31). The molecule has 5 rings (SSSR count). The summed E-state index contributed by atoms with van der Waals surface area (Å²) in [5.41, 5.74) is 4.20. The minimum absolute atomic E-state index is 0.118. The smallest absolute Gasteiger partial charge is 0.335 e. The average Bonchev–Trinajstić information content (AvgIpc) is 3.14. The number of rotatable bonds is 4. The number of halogens is 2. The highest BCUT2D eigenvalue weighted by molar-refractivity contribution is 6.01. The van der Waals surface area contributed by atoms with Gasteiger partial charge in [-0.3, -0.25) is 0 Å². The van der Waals surface area contributed by atoms with E-state index in [9.17, 15) is 18.7 Å². The summed E-state index contributed by atoms with van der Waals surface area (Å²) in [7, 11) is 0. The molecule has 0 unspecified atom stereocenters. The van der Waals surface area contributed by atoms with Crippen LogP contribution >= 0.6 is 0 Å². The van der Waals surface area contributed by atoms with Crippen LogP contribution in [0.2, 0.25) is 0 Å². The largest absolute Gasteiger partial charge is 0.478 e. The second-order valence-corrected chi connectivity index (χ2v) is 8.01. The van der Waals surface area contributed by atoms with Gasteiger partial charge in [0, 0.05) is 41.5 Å². The summed E-state index contributed by atoms with van der Waals surface area (Å²) in [5.74, 6) is -1.61. The molecule has 4 aromatic rings. The lowest BCUT2D eigenvalue weighted by Gasteiger charge is -2.26. The molecule has 0 amide bonds. The molecule has 3 aromatic carbocycles. The number of aromatic carboxylic acids is 1. The Morgan fingerprint density at radius 3 is 2.38 bits per heavy atom. The van der Waals surface area contributed by atoms with E-state index in [0.29, 0.717) is 24.2 Å². The lowest BCUT2D eigenvalue weighted by molar-refractivity contribution is 0.0697. The first-order valence-electron chi connectivity index (χ1n) is 10.5. The van der Waals surface area contributed by atoms with Gasteiger partial charge in [-0.25, -0.2) is 13.6 Å². The second-order valence-electron chi connectivity index (χ2n) is 8.01. The Labute approximate surface area is 183 Å². The minimum Gasteiger partial charge on any atom is -0.478 e. The summed E-state index contributed by atoms with van der Waals surface area (Å²) in [6, 6.07) is 17.6. The van der Waals surface area contributed by atoms with Crippen molar-refractivity contribution in [2.24, 2.45) is 0 Å². The van der Waals surface area contributed by atoms with Gasteiger partial charge >= 0.3 is 5.97 Å². The highest BCUT2D eigenvalue weighted by atomic mass is 19.1. The van der Waals surface area contributed by atoms with Crippen molar-refractivity contribution in [2.75, 3.05) is 13.2 Å². The van der Waals surface area contributed by atoms with E-state index in [-0.39, 0.29) is 23.1 Å². The van der Waals surface area contributed by atoms with E-state index in [2.05, 4.69) is 0 Å². The van der Waals surface area contributed by atoms with E-state index in [1.807, 2.05) is 10.6 Å². The molecule has 0 bridgehead atoms. The molecule has 0 saturated carbocycles. The van der Waals surface area contributed by atoms with Crippen LogP contribution in [0.25, 0.3) is 27.7 Å². The molecule has 1 fully saturated rings. The van der Waals surface area contributed by atoms with Crippen LogP contribution in [0.4, 0.5) is 8.78 Å². The molecular weight excluding hydrogens is 412 g/mol. The summed E-state index contributed by atoms with van der Waals surface area (Å²) < 4.78 is 35.7. The first kappa shape index (κ1) is 20.4. The Bertz CT molecular complexity index is 1300. The van der Waals surface area contributed by atoms with E-state index < -0.39 is 5.97 Å². The molecular formula is C26H21F2NO3. The van der Waals surface area contributed by atoms with Gasteiger partial charge in [0.1, 0.15) is 11.6 Å². The van der Waals surface area contributed by atoms with Gasteiger partial charge in [-0.2, -0.15) is 0 Å². The topological polar surface area (TPSA) is 51.5 Å². The van der Waals surface area contributed by atoms with E-state index in [1.165, 1.54) is 24.3 Å². The zero-order chi connectivity index (χ0) is 22.2. The number of carbonyl (C=O) groups is 1. The summed E-state index contributed by atoms with van der Waals surface area (Å²) >= 11 is 0. The minimum atomic E-state index is -1.02. The zero-order valence-electron chi connectivity index (χ0n) is 17.2. The van der Waals surface area contributed by atoms with E-state index in [4.69, 9.17) is 4.74 Å². The summed E-state index contributed by atoms with van der Waals surface area (Å²) in [6.07, 6.45) is 1.57. The van der Waals surface area contributed by atoms with E-state index in [1.54, 1.807) is 36.4 Å². The lowest BCUT2D eigenvalue weighted by Crippen LogP contribution is -2.17. The summed E-state index contributed by atoms with van der Waals surface area (Å²) in [5, 5.41) is 10.2. The molecule has 1 aliphatic heterocycles. The quantitative estimate of drug-likeness (QED) is 0.419. The average molecular weight is 433 g/mol. The highest BCUT2D eigenvalue weighted by Crippen LogP contribution is 2.43. The van der Waals surface area contributed by atoms with Gasteiger partial charge in [0.15, 0.2) is 0 Å². The Balaban J connectivity index is 1.87. The van der Waals surface area contributed by atoms with Crippen LogP contribution in [0, 0.1) is 11.6 Å². The first-order chi connectivity index (χ1) is 15.5. The van der Waals surface area contributed by atoms with Gasteiger partial charge < -0.3 is 14.4 Å². The summed E-state index contributed by atoms with van der Waals surface area (Å²) in [4.78, 5) is 11.6. The van der Waals surface area contributed by atoms with Crippen LogP contribution in [0.3, 0.4) is 0 Å². The van der Waals surface area contributed by atoms with Crippen molar-refractivity contribution >= 4 is 16.9 Å². The van der Waals surface area contributed by atoms with Crippen molar-refractivity contribution in [2.45, 2.75) is 18.8 Å². The van der Waals surface area contributed by atoms with Crippen LogP contribution < -0.4 is 0 Å². The van der Waals surface area contributed by atoms with Crippen molar-refractivity contribution in [1.29, 1.82) is 0 Å². The van der Waals surface area contributed by atoms with E-state index in [0.717, 1.165) is 35.3 Å². The predicted molar refractivity (Wildman–Crippen MR) is 118 cm³/mol. The molecule has 1 saturated heterocycles. The molecule has 0 aliphatic carbocycles. The maximum atomic E-state index is 14.4. The predicted octanol–water partition coefficient (Wildman–Crippen LogP) is 6.17. The first-order valence-corrected chi connectivity index (χ1v) is 10.5. The van der Waals surface area contributed by atoms with Crippen LogP contribution in [0.1, 0.15) is 34.8 Å². The van der Waals surface area contributed by atoms with Gasteiger partial charge in [0.05, 0.1) is 11.1 Å². The number of ether oxygens (including phenoxy) is 1. The monoisotopic (exact) mass is 433 g/mol. The number of carboxylic acids is 1. The Hall–Kier alpha value is -3.51. The normalized spacial score (nSPS) is 14.7. The lowest BCUT2D eigenvalue weighted by atomic mass is 9.89. The SMILES string of the molecule is O=C(O)c1cccc(-c2c(C3CCOCC3)n(-c3ccc(F)cc3)c3ccc(F)cc23)c1. The molecule has 162 valence electrons. The van der Waals surface area contributed by atoms with Crippen molar-refractivity contribution in [1.82, 2.24) is 4.57 Å². The molecule has 1 aromatic heterocycles. The molecule has 0 atom stereocenters. The van der Waals surface area contributed by atoms with Crippen LogP contribution in [0.15, 0.2) is 66.7 Å². The van der Waals surface area contributed by atoms with E-state index >= 15 is 0 Å². The summed E-state index contributed by atoms with van der Waals surface area (Å²) in [6.45, 7) is 1.22. The molecule has 4 nitrogen and oxygen atoms in total. The van der Waals surface area contributed by atoms with Crippen LogP contribution in [-0.2, 0) is 4.74 Å². The molecule has 2 heterocycles. The van der Waals surface area contributed by atoms with Gasteiger partial charge in [-0.05, 0) is 73.0 Å². The Morgan fingerprint density at radius 2 is 1.66 bits per heavy atom. The Kier molecular flexibility index (Phi) is 5.23. The molecule has 0 spiro atoms.